The van der Waals surface area contributed by atoms with Gasteiger partial charge in [-0.05, 0) is 37.6 Å². The number of nitrogens with one attached hydrogen (secondary N) is 1. The number of benzene rings is 2. The standard InChI is InChI=1S/C19H20ClNO4/c1-13-6-8-15(9-7-13)11-21-19(23)14(2)25-18(22)12-24-17-5-3-4-16(20)10-17/h3-10,14H,11-12H2,1-2H3,(H,21,23)/t14-/m1/s1. The van der Waals surface area contributed by atoms with Gasteiger partial charge in [0.1, 0.15) is 5.75 Å². The molecule has 2 aromatic carbocycles. The third-order valence-corrected chi connectivity index (χ3v) is 3.65. The number of esters is 1. The fourth-order valence-electron chi connectivity index (χ4n) is 2.02. The molecule has 1 atom stereocenters. The Morgan fingerprint density at radius 1 is 1.16 bits per heavy atom. The van der Waals surface area contributed by atoms with Crippen LogP contribution in [0.1, 0.15) is 18.1 Å². The number of halogens is 1. The van der Waals surface area contributed by atoms with Crippen LogP contribution in [0, 0.1) is 6.92 Å². The first-order valence-electron chi connectivity index (χ1n) is 7.85. The summed E-state index contributed by atoms with van der Waals surface area (Å²) in [6.07, 6.45) is -0.902. The molecule has 0 bridgehead atoms. The second-order valence-corrected chi connectivity index (χ2v) is 6.02. The molecule has 0 radical (unpaired) electrons. The number of rotatable bonds is 7. The van der Waals surface area contributed by atoms with E-state index in [0.717, 1.165) is 11.1 Å². The van der Waals surface area contributed by atoms with Crippen LogP contribution < -0.4 is 10.1 Å². The summed E-state index contributed by atoms with van der Waals surface area (Å²) in [7, 11) is 0. The lowest BCUT2D eigenvalue weighted by atomic mass is 10.1. The maximum atomic E-state index is 12.0. The third-order valence-electron chi connectivity index (χ3n) is 3.42. The molecule has 2 rings (SSSR count). The molecule has 0 aliphatic carbocycles. The molecule has 132 valence electrons. The van der Waals surface area contributed by atoms with Crippen molar-refractivity contribution in [3.8, 4) is 5.75 Å². The first-order chi connectivity index (χ1) is 11.9. The van der Waals surface area contributed by atoms with Crippen LogP contribution in [0.15, 0.2) is 48.5 Å². The molecule has 1 N–H and O–H groups in total. The van der Waals surface area contributed by atoms with E-state index >= 15 is 0 Å². The number of carbonyl (C=O) groups is 2. The Labute approximate surface area is 151 Å². The molecule has 0 saturated carbocycles. The first-order valence-corrected chi connectivity index (χ1v) is 8.23. The summed E-state index contributed by atoms with van der Waals surface area (Å²) in [5.41, 5.74) is 2.12. The van der Waals surface area contributed by atoms with E-state index in [1.807, 2.05) is 31.2 Å². The molecular formula is C19H20ClNO4. The smallest absolute Gasteiger partial charge is 0.344 e. The number of carbonyl (C=O) groups excluding carboxylic acids is 2. The van der Waals surface area contributed by atoms with Crippen molar-refractivity contribution in [3.05, 3.63) is 64.7 Å². The number of hydrogen-bond acceptors (Lipinski definition) is 4. The molecule has 1 amide bonds. The Bertz CT molecular complexity index is 730. The predicted molar refractivity (Wildman–Crippen MR) is 95.5 cm³/mol. The van der Waals surface area contributed by atoms with E-state index in [9.17, 15) is 9.59 Å². The van der Waals surface area contributed by atoms with Gasteiger partial charge in [-0.25, -0.2) is 4.79 Å². The van der Waals surface area contributed by atoms with Gasteiger partial charge in [-0.2, -0.15) is 0 Å². The van der Waals surface area contributed by atoms with Gasteiger partial charge in [0.05, 0.1) is 0 Å². The van der Waals surface area contributed by atoms with E-state index in [1.165, 1.54) is 6.92 Å². The van der Waals surface area contributed by atoms with Crippen molar-refractivity contribution in [3.63, 3.8) is 0 Å². The largest absolute Gasteiger partial charge is 0.482 e. The molecule has 0 fully saturated rings. The van der Waals surface area contributed by atoms with Crippen LogP contribution in [0.5, 0.6) is 5.75 Å². The van der Waals surface area contributed by atoms with Crippen molar-refractivity contribution < 1.29 is 19.1 Å². The lowest BCUT2D eigenvalue weighted by molar-refractivity contribution is -0.156. The zero-order chi connectivity index (χ0) is 18.2. The van der Waals surface area contributed by atoms with Crippen molar-refractivity contribution in [2.75, 3.05) is 6.61 Å². The van der Waals surface area contributed by atoms with E-state index in [4.69, 9.17) is 21.1 Å². The molecule has 0 saturated heterocycles. The molecule has 0 heterocycles. The van der Waals surface area contributed by atoms with E-state index in [2.05, 4.69) is 5.32 Å². The summed E-state index contributed by atoms with van der Waals surface area (Å²) >= 11 is 5.83. The van der Waals surface area contributed by atoms with Crippen molar-refractivity contribution >= 4 is 23.5 Å². The highest BCUT2D eigenvalue weighted by Gasteiger charge is 2.17. The van der Waals surface area contributed by atoms with Gasteiger partial charge in [0.2, 0.25) is 0 Å². The van der Waals surface area contributed by atoms with Gasteiger partial charge in [-0.1, -0.05) is 47.5 Å². The monoisotopic (exact) mass is 361 g/mol. The van der Waals surface area contributed by atoms with Crippen LogP contribution in [0.2, 0.25) is 5.02 Å². The van der Waals surface area contributed by atoms with Crippen LogP contribution in [0.4, 0.5) is 0 Å². The number of hydrogen-bond donors (Lipinski definition) is 1. The molecule has 2 aromatic rings. The summed E-state index contributed by atoms with van der Waals surface area (Å²) < 4.78 is 10.3. The highest BCUT2D eigenvalue weighted by atomic mass is 35.5. The summed E-state index contributed by atoms with van der Waals surface area (Å²) in [5.74, 6) is -0.532. The first kappa shape index (κ1) is 18.8. The maximum Gasteiger partial charge on any atom is 0.344 e. The minimum atomic E-state index is -0.902. The molecule has 0 unspecified atom stereocenters. The minimum Gasteiger partial charge on any atom is -0.482 e. The summed E-state index contributed by atoms with van der Waals surface area (Å²) in [4.78, 5) is 23.8. The zero-order valence-electron chi connectivity index (χ0n) is 14.1. The second kappa shape index (κ2) is 9.08. The lowest BCUT2D eigenvalue weighted by Gasteiger charge is -2.14. The minimum absolute atomic E-state index is 0.296. The van der Waals surface area contributed by atoms with Crippen molar-refractivity contribution in [1.29, 1.82) is 0 Å². The molecule has 0 aromatic heterocycles. The van der Waals surface area contributed by atoms with Gasteiger partial charge in [-0.15, -0.1) is 0 Å². The SMILES string of the molecule is Cc1ccc(CNC(=O)[C@@H](C)OC(=O)COc2cccc(Cl)c2)cc1. The summed E-state index contributed by atoms with van der Waals surface area (Å²) in [5, 5.41) is 3.24. The van der Waals surface area contributed by atoms with E-state index in [1.54, 1.807) is 24.3 Å². The molecule has 6 heteroatoms. The molecule has 0 aliphatic heterocycles. The Hall–Kier alpha value is -2.53. The van der Waals surface area contributed by atoms with Crippen LogP contribution in [-0.2, 0) is 20.9 Å². The highest BCUT2D eigenvalue weighted by Crippen LogP contribution is 2.17. The van der Waals surface area contributed by atoms with Gasteiger partial charge in [-0.3, -0.25) is 4.79 Å². The Balaban J connectivity index is 1.74. The van der Waals surface area contributed by atoms with Crippen LogP contribution in [0.25, 0.3) is 0 Å². The van der Waals surface area contributed by atoms with Crippen molar-refractivity contribution in [2.45, 2.75) is 26.5 Å². The van der Waals surface area contributed by atoms with E-state index in [0.29, 0.717) is 17.3 Å². The van der Waals surface area contributed by atoms with Gasteiger partial charge in [0.25, 0.3) is 5.91 Å². The molecule has 0 aliphatic rings. The average molecular weight is 362 g/mol. The van der Waals surface area contributed by atoms with Gasteiger partial charge in [0, 0.05) is 11.6 Å². The van der Waals surface area contributed by atoms with Crippen LogP contribution >= 0.6 is 11.6 Å². The van der Waals surface area contributed by atoms with Crippen molar-refractivity contribution in [2.24, 2.45) is 0 Å². The highest BCUT2D eigenvalue weighted by molar-refractivity contribution is 6.30. The maximum absolute atomic E-state index is 12.0. The van der Waals surface area contributed by atoms with E-state index < -0.39 is 12.1 Å². The van der Waals surface area contributed by atoms with Crippen LogP contribution in [-0.4, -0.2) is 24.6 Å². The van der Waals surface area contributed by atoms with E-state index in [-0.39, 0.29) is 12.5 Å². The number of ether oxygens (including phenoxy) is 2. The normalized spacial score (nSPS) is 11.5. The molecule has 0 spiro atoms. The van der Waals surface area contributed by atoms with Crippen LogP contribution in [0.3, 0.4) is 0 Å². The van der Waals surface area contributed by atoms with Crippen molar-refractivity contribution in [1.82, 2.24) is 5.32 Å². The van der Waals surface area contributed by atoms with Gasteiger partial charge in [0.15, 0.2) is 12.7 Å². The number of aryl methyl sites for hydroxylation is 1. The number of amides is 1. The Morgan fingerprint density at radius 3 is 2.56 bits per heavy atom. The fraction of sp³-hybridized carbons (Fsp3) is 0.263. The third kappa shape index (κ3) is 6.47. The molecule has 5 nitrogen and oxygen atoms in total. The fourth-order valence-corrected chi connectivity index (χ4v) is 2.20. The predicted octanol–water partition coefficient (Wildman–Crippen LogP) is 3.28. The zero-order valence-corrected chi connectivity index (χ0v) is 14.9. The van der Waals surface area contributed by atoms with Gasteiger partial charge < -0.3 is 14.8 Å². The average Bonchev–Trinajstić information content (AvgIpc) is 2.59. The summed E-state index contributed by atoms with van der Waals surface area (Å²) in [6, 6.07) is 14.5. The Kier molecular flexibility index (Phi) is 6.83. The van der Waals surface area contributed by atoms with Gasteiger partial charge >= 0.3 is 5.97 Å². The topological polar surface area (TPSA) is 64.6 Å². The molecule has 25 heavy (non-hydrogen) atoms. The summed E-state index contributed by atoms with van der Waals surface area (Å²) in [6.45, 7) is 3.59. The Morgan fingerprint density at radius 2 is 1.88 bits per heavy atom. The lowest BCUT2D eigenvalue weighted by Crippen LogP contribution is -2.36. The quantitative estimate of drug-likeness (QED) is 0.769. The second-order valence-electron chi connectivity index (χ2n) is 5.58. The molecular weight excluding hydrogens is 342 g/mol.